The average Bonchev–Trinajstić information content (AvgIpc) is 3.09. The van der Waals surface area contributed by atoms with Gasteiger partial charge in [-0.3, -0.25) is 0 Å². The summed E-state index contributed by atoms with van der Waals surface area (Å²) in [6.45, 7) is 3.03. The molecule has 1 saturated carbocycles. The van der Waals surface area contributed by atoms with Crippen LogP contribution in [0.5, 0.6) is 0 Å². The van der Waals surface area contributed by atoms with Crippen molar-refractivity contribution in [1.29, 1.82) is 0 Å². The molecule has 0 bridgehead atoms. The maximum absolute atomic E-state index is 12.4. The van der Waals surface area contributed by atoms with Crippen LogP contribution in [0.1, 0.15) is 43.8 Å². The summed E-state index contributed by atoms with van der Waals surface area (Å²) in [7, 11) is -3.73. The van der Waals surface area contributed by atoms with Crippen molar-refractivity contribution in [2.45, 2.75) is 50.2 Å². The first-order chi connectivity index (χ1) is 13.1. The highest BCUT2D eigenvalue weighted by molar-refractivity contribution is 7.89. The van der Waals surface area contributed by atoms with E-state index in [9.17, 15) is 8.42 Å². The summed E-state index contributed by atoms with van der Waals surface area (Å²) >= 11 is 0. The Hall–Kier alpha value is -2.46. The Labute approximate surface area is 156 Å². The Morgan fingerprint density at radius 1 is 1.26 bits per heavy atom. The van der Waals surface area contributed by atoms with E-state index in [0.717, 1.165) is 25.1 Å². The minimum Gasteiger partial charge on any atom is -0.438 e. The molecular weight excluding hydrogens is 370 g/mol. The summed E-state index contributed by atoms with van der Waals surface area (Å²) in [5, 5.41) is 7.74. The topological polar surface area (TPSA) is 116 Å². The molecule has 1 fully saturated rings. The normalized spacial score (nSPS) is 14.7. The van der Waals surface area contributed by atoms with Crippen molar-refractivity contribution >= 4 is 10.0 Å². The first-order valence-electron chi connectivity index (χ1n) is 9.00. The van der Waals surface area contributed by atoms with Crippen LogP contribution in [0, 0.1) is 0 Å². The van der Waals surface area contributed by atoms with E-state index in [1.807, 2.05) is 17.7 Å². The number of nitrogens with zero attached hydrogens (tertiary/aromatic N) is 4. The van der Waals surface area contributed by atoms with E-state index >= 15 is 0 Å². The smallest absolute Gasteiger partial charge is 0.283 e. The van der Waals surface area contributed by atoms with Crippen LogP contribution in [-0.2, 0) is 23.0 Å². The maximum atomic E-state index is 12.4. The molecule has 1 aliphatic rings. The largest absolute Gasteiger partial charge is 0.438 e. The number of nitrogens with one attached hydrogen (secondary N) is 1. The zero-order valence-electron chi connectivity index (χ0n) is 15.0. The highest BCUT2D eigenvalue weighted by Gasteiger charge is 2.30. The SMILES string of the molecule is CCc1nccn1CCCNS(=O)(=O)c1ccc(-c2nnc(C3CC3)o2)o1. The van der Waals surface area contributed by atoms with E-state index in [-0.39, 0.29) is 16.7 Å². The van der Waals surface area contributed by atoms with Crippen LogP contribution in [0.3, 0.4) is 0 Å². The highest BCUT2D eigenvalue weighted by atomic mass is 32.2. The monoisotopic (exact) mass is 391 g/mol. The third-order valence-corrected chi connectivity index (χ3v) is 5.74. The minimum absolute atomic E-state index is 0.166. The van der Waals surface area contributed by atoms with Gasteiger partial charge in [-0.25, -0.2) is 18.1 Å². The van der Waals surface area contributed by atoms with Crippen molar-refractivity contribution in [1.82, 2.24) is 24.5 Å². The van der Waals surface area contributed by atoms with Gasteiger partial charge < -0.3 is 13.4 Å². The molecule has 3 aromatic rings. The van der Waals surface area contributed by atoms with E-state index < -0.39 is 10.0 Å². The summed E-state index contributed by atoms with van der Waals surface area (Å²) < 4.78 is 40.3. The van der Waals surface area contributed by atoms with Gasteiger partial charge in [-0.2, -0.15) is 0 Å². The fourth-order valence-corrected chi connectivity index (χ4v) is 3.80. The average molecular weight is 391 g/mol. The maximum Gasteiger partial charge on any atom is 0.283 e. The molecule has 0 amide bonds. The van der Waals surface area contributed by atoms with Crippen molar-refractivity contribution in [3.63, 3.8) is 0 Å². The number of hydrogen-bond acceptors (Lipinski definition) is 7. The Balaban J connectivity index is 1.35. The number of aryl methyl sites for hydroxylation is 2. The van der Waals surface area contributed by atoms with Gasteiger partial charge in [-0.05, 0) is 31.4 Å². The quantitative estimate of drug-likeness (QED) is 0.556. The zero-order chi connectivity index (χ0) is 18.9. The lowest BCUT2D eigenvalue weighted by Gasteiger charge is -2.07. The number of aromatic nitrogens is 4. The highest BCUT2D eigenvalue weighted by Crippen LogP contribution is 2.40. The van der Waals surface area contributed by atoms with Crippen LogP contribution < -0.4 is 4.72 Å². The van der Waals surface area contributed by atoms with Gasteiger partial charge in [0.1, 0.15) is 5.82 Å². The van der Waals surface area contributed by atoms with Crippen LogP contribution in [0.25, 0.3) is 11.7 Å². The molecule has 27 heavy (non-hydrogen) atoms. The second-order valence-electron chi connectivity index (χ2n) is 6.48. The molecule has 9 nitrogen and oxygen atoms in total. The van der Waals surface area contributed by atoms with Crippen molar-refractivity contribution in [2.24, 2.45) is 0 Å². The van der Waals surface area contributed by atoms with Crippen molar-refractivity contribution in [3.8, 4) is 11.7 Å². The molecule has 0 saturated heterocycles. The third-order valence-electron chi connectivity index (χ3n) is 4.41. The Bertz CT molecular complexity index is 1020. The molecule has 0 radical (unpaired) electrons. The van der Waals surface area contributed by atoms with Crippen LogP contribution in [0.4, 0.5) is 0 Å². The van der Waals surface area contributed by atoms with Crippen LogP contribution >= 0.6 is 0 Å². The number of hydrogen-bond donors (Lipinski definition) is 1. The lowest BCUT2D eigenvalue weighted by molar-refractivity contribution is 0.431. The standard InChI is InChI=1S/C17H21N5O4S/c1-2-14-18-9-11-22(14)10-3-8-19-27(23,24)15-7-6-13(25-15)17-21-20-16(26-17)12-4-5-12/h6-7,9,11-12,19H,2-5,8,10H2,1H3. The van der Waals surface area contributed by atoms with Crippen molar-refractivity contribution in [3.05, 3.63) is 36.2 Å². The summed E-state index contributed by atoms with van der Waals surface area (Å²) in [6.07, 6.45) is 7.22. The van der Waals surface area contributed by atoms with Gasteiger partial charge in [0.2, 0.25) is 11.0 Å². The Morgan fingerprint density at radius 3 is 2.89 bits per heavy atom. The van der Waals surface area contributed by atoms with Gasteiger partial charge in [0.15, 0.2) is 5.76 Å². The lowest BCUT2D eigenvalue weighted by atomic mass is 10.4. The van der Waals surface area contributed by atoms with E-state index in [1.165, 1.54) is 12.1 Å². The molecule has 3 aromatic heterocycles. The molecule has 0 spiro atoms. The van der Waals surface area contributed by atoms with Crippen molar-refractivity contribution in [2.75, 3.05) is 6.54 Å². The fraction of sp³-hybridized carbons (Fsp3) is 0.471. The molecule has 0 unspecified atom stereocenters. The molecule has 0 atom stereocenters. The first-order valence-corrected chi connectivity index (χ1v) is 10.5. The predicted molar refractivity (Wildman–Crippen MR) is 95.4 cm³/mol. The van der Waals surface area contributed by atoms with Gasteiger partial charge in [-0.1, -0.05) is 6.92 Å². The third kappa shape index (κ3) is 3.96. The van der Waals surface area contributed by atoms with E-state index in [0.29, 0.717) is 31.3 Å². The molecular formula is C17H21N5O4S. The Morgan fingerprint density at radius 2 is 2.11 bits per heavy atom. The zero-order valence-corrected chi connectivity index (χ0v) is 15.8. The van der Waals surface area contributed by atoms with E-state index in [2.05, 4.69) is 19.9 Å². The minimum atomic E-state index is -3.73. The second-order valence-corrected chi connectivity index (χ2v) is 8.18. The van der Waals surface area contributed by atoms with Crippen LogP contribution in [-0.4, -0.2) is 34.7 Å². The number of rotatable bonds is 9. The fourth-order valence-electron chi connectivity index (χ4n) is 2.79. The predicted octanol–water partition coefficient (Wildman–Crippen LogP) is 2.33. The molecule has 3 heterocycles. The summed E-state index contributed by atoms with van der Waals surface area (Å²) in [6, 6.07) is 2.92. The van der Waals surface area contributed by atoms with Crippen LogP contribution in [0.2, 0.25) is 0 Å². The van der Waals surface area contributed by atoms with Crippen LogP contribution in [0.15, 0.2) is 38.5 Å². The molecule has 10 heteroatoms. The van der Waals surface area contributed by atoms with Gasteiger partial charge in [0.25, 0.3) is 15.9 Å². The van der Waals surface area contributed by atoms with Gasteiger partial charge in [0, 0.05) is 37.8 Å². The van der Waals surface area contributed by atoms with E-state index in [4.69, 9.17) is 8.83 Å². The first kappa shape index (κ1) is 17.9. The second kappa shape index (κ2) is 7.28. The van der Waals surface area contributed by atoms with Gasteiger partial charge >= 0.3 is 0 Å². The van der Waals surface area contributed by atoms with Gasteiger partial charge in [0.05, 0.1) is 0 Å². The molecule has 1 aliphatic carbocycles. The molecule has 1 N–H and O–H groups in total. The number of sulfonamides is 1. The summed E-state index contributed by atoms with van der Waals surface area (Å²) in [5.74, 6) is 2.34. The molecule has 4 rings (SSSR count). The lowest BCUT2D eigenvalue weighted by Crippen LogP contribution is -2.25. The number of imidazole rings is 1. The summed E-state index contributed by atoms with van der Waals surface area (Å²) in [4.78, 5) is 4.25. The molecule has 0 aliphatic heterocycles. The molecule has 144 valence electrons. The number of furan rings is 1. The molecule has 0 aromatic carbocycles. The Kier molecular flexibility index (Phi) is 4.83. The summed E-state index contributed by atoms with van der Waals surface area (Å²) in [5.41, 5.74) is 0. The van der Waals surface area contributed by atoms with E-state index in [1.54, 1.807) is 6.20 Å². The van der Waals surface area contributed by atoms with Crippen molar-refractivity contribution < 1.29 is 17.3 Å². The van der Waals surface area contributed by atoms with Gasteiger partial charge in [-0.15, -0.1) is 10.2 Å².